The van der Waals surface area contributed by atoms with Gasteiger partial charge in [0.05, 0.1) is 11.2 Å². The number of para-hydroxylation sites is 1. The molecule has 0 amide bonds. The van der Waals surface area contributed by atoms with Crippen molar-refractivity contribution in [2.45, 2.75) is 19.8 Å². The lowest BCUT2D eigenvalue weighted by atomic mass is 10.1. The molecule has 0 unspecified atom stereocenters. The van der Waals surface area contributed by atoms with Gasteiger partial charge < -0.3 is 4.90 Å². The number of aromatic nitrogens is 3. The Hall–Kier alpha value is -2.46. The highest BCUT2D eigenvalue weighted by Crippen LogP contribution is 2.22. The lowest BCUT2D eigenvalue weighted by Gasteiger charge is -2.16. The molecular weight excluding hydrogens is 332 g/mol. The van der Waals surface area contributed by atoms with Gasteiger partial charge in [-0.05, 0) is 49.6 Å². The molecule has 5 heteroatoms. The van der Waals surface area contributed by atoms with E-state index in [-0.39, 0.29) is 0 Å². The highest BCUT2D eigenvalue weighted by Gasteiger charge is 2.14. The maximum atomic E-state index is 6.19. The number of benzene rings is 1. The third-order valence-corrected chi connectivity index (χ3v) is 4.67. The molecule has 0 N–H and O–H groups in total. The average molecular weight is 351 g/mol. The summed E-state index contributed by atoms with van der Waals surface area (Å²) in [6, 6.07) is 12.1. The number of hydrogen-bond donors (Lipinski definition) is 0. The Morgan fingerprint density at radius 1 is 1.00 bits per heavy atom. The summed E-state index contributed by atoms with van der Waals surface area (Å²) in [5, 5.41) is 1.65. The van der Waals surface area contributed by atoms with Crippen LogP contribution < -0.4 is 4.90 Å². The zero-order valence-electron chi connectivity index (χ0n) is 14.1. The second-order valence-electron chi connectivity index (χ2n) is 6.32. The molecule has 0 aliphatic carbocycles. The smallest absolute Gasteiger partial charge is 0.156 e. The van der Waals surface area contributed by atoms with Crippen LogP contribution in [-0.2, 0) is 0 Å². The molecule has 4 rings (SSSR count). The highest BCUT2D eigenvalue weighted by atomic mass is 35.5. The molecular formula is C20H19ClN4. The zero-order chi connectivity index (χ0) is 17.2. The fourth-order valence-corrected chi connectivity index (χ4v) is 3.41. The summed E-state index contributed by atoms with van der Waals surface area (Å²) in [4.78, 5) is 15.9. The Bertz CT molecular complexity index is 946. The van der Waals surface area contributed by atoms with E-state index < -0.39 is 0 Å². The zero-order valence-corrected chi connectivity index (χ0v) is 14.9. The number of nitrogens with zero attached hydrogens (tertiary/aromatic N) is 4. The van der Waals surface area contributed by atoms with Crippen LogP contribution in [-0.4, -0.2) is 28.0 Å². The van der Waals surface area contributed by atoms with Crippen molar-refractivity contribution in [1.82, 2.24) is 15.0 Å². The number of rotatable bonds is 3. The van der Waals surface area contributed by atoms with Gasteiger partial charge in [0, 0.05) is 24.5 Å². The van der Waals surface area contributed by atoms with Gasteiger partial charge in [-0.2, -0.15) is 0 Å². The molecule has 126 valence electrons. The number of fused-ring (bicyclic) bond motifs is 1. The van der Waals surface area contributed by atoms with Crippen molar-refractivity contribution in [3.05, 3.63) is 58.6 Å². The summed E-state index contributed by atoms with van der Waals surface area (Å²) in [6.07, 6.45) is 6.22. The molecule has 1 fully saturated rings. The van der Waals surface area contributed by atoms with Crippen molar-refractivity contribution in [3.63, 3.8) is 0 Å². The fourth-order valence-electron chi connectivity index (χ4n) is 3.23. The normalized spacial score (nSPS) is 14.7. The Labute approximate surface area is 152 Å². The Morgan fingerprint density at radius 3 is 2.64 bits per heavy atom. The van der Waals surface area contributed by atoms with Gasteiger partial charge in [0.1, 0.15) is 11.0 Å². The first-order valence-corrected chi connectivity index (χ1v) is 8.91. The van der Waals surface area contributed by atoms with E-state index in [0.29, 0.717) is 11.0 Å². The average Bonchev–Trinajstić information content (AvgIpc) is 3.14. The number of aryl methyl sites for hydroxylation is 1. The van der Waals surface area contributed by atoms with Crippen molar-refractivity contribution in [2.75, 3.05) is 18.0 Å². The van der Waals surface area contributed by atoms with E-state index in [1.54, 1.807) is 0 Å². The Morgan fingerprint density at radius 2 is 1.80 bits per heavy atom. The van der Waals surface area contributed by atoms with Crippen molar-refractivity contribution >= 4 is 40.5 Å². The molecule has 4 nitrogen and oxygen atoms in total. The van der Waals surface area contributed by atoms with Crippen molar-refractivity contribution < 1.29 is 0 Å². The van der Waals surface area contributed by atoms with Crippen molar-refractivity contribution in [1.29, 1.82) is 0 Å². The van der Waals surface area contributed by atoms with E-state index in [1.807, 2.05) is 36.4 Å². The quantitative estimate of drug-likeness (QED) is 0.639. The van der Waals surface area contributed by atoms with E-state index in [9.17, 15) is 0 Å². The molecule has 1 saturated heterocycles. The van der Waals surface area contributed by atoms with E-state index >= 15 is 0 Å². The standard InChI is InChI=1S/C20H19ClN4/c1-14-12-15(22-17-7-3-2-6-16(14)17)8-9-19-23-18(21)13-20(24-19)25-10-4-5-11-25/h2-3,6-9,12-13H,4-5,10-11H2,1H3. The van der Waals surface area contributed by atoms with Crippen LogP contribution in [0.5, 0.6) is 0 Å². The summed E-state index contributed by atoms with van der Waals surface area (Å²) in [5.41, 5.74) is 3.09. The second kappa shape index (κ2) is 6.81. The van der Waals surface area contributed by atoms with Crippen LogP contribution >= 0.6 is 11.6 Å². The number of anilines is 1. The van der Waals surface area contributed by atoms with Crippen LogP contribution in [0.3, 0.4) is 0 Å². The van der Waals surface area contributed by atoms with Gasteiger partial charge >= 0.3 is 0 Å². The van der Waals surface area contributed by atoms with Gasteiger partial charge in [0.2, 0.25) is 0 Å². The van der Waals surface area contributed by atoms with Crippen LogP contribution in [0.1, 0.15) is 29.9 Å². The monoisotopic (exact) mass is 350 g/mol. The molecule has 0 spiro atoms. The molecule has 0 bridgehead atoms. The lowest BCUT2D eigenvalue weighted by molar-refractivity contribution is 0.923. The topological polar surface area (TPSA) is 41.9 Å². The molecule has 0 saturated carbocycles. The molecule has 1 aliphatic rings. The van der Waals surface area contributed by atoms with Crippen molar-refractivity contribution in [2.24, 2.45) is 0 Å². The summed E-state index contributed by atoms with van der Waals surface area (Å²) in [5.74, 6) is 1.52. The summed E-state index contributed by atoms with van der Waals surface area (Å²) < 4.78 is 0. The van der Waals surface area contributed by atoms with Crippen LogP contribution in [0.4, 0.5) is 5.82 Å². The first kappa shape index (κ1) is 16.0. The van der Waals surface area contributed by atoms with Gasteiger partial charge in [-0.3, -0.25) is 0 Å². The molecule has 0 radical (unpaired) electrons. The number of hydrogen-bond acceptors (Lipinski definition) is 4. The lowest BCUT2D eigenvalue weighted by Crippen LogP contribution is -2.19. The molecule has 3 aromatic rings. The summed E-state index contributed by atoms with van der Waals surface area (Å²) >= 11 is 6.19. The minimum Gasteiger partial charge on any atom is -0.356 e. The van der Waals surface area contributed by atoms with Crippen LogP contribution in [0.15, 0.2) is 36.4 Å². The minimum absolute atomic E-state index is 0.471. The van der Waals surface area contributed by atoms with E-state index in [1.165, 1.54) is 23.8 Å². The SMILES string of the molecule is Cc1cc(C=Cc2nc(Cl)cc(N3CCCC3)n2)nc2ccccc12. The van der Waals surface area contributed by atoms with Gasteiger partial charge in [0.15, 0.2) is 5.82 Å². The maximum Gasteiger partial charge on any atom is 0.156 e. The molecule has 25 heavy (non-hydrogen) atoms. The molecule has 0 atom stereocenters. The highest BCUT2D eigenvalue weighted by molar-refractivity contribution is 6.29. The summed E-state index contributed by atoms with van der Waals surface area (Å²) in [6.45, 7) is 4.16. The van der Waals surface area contributed by atoms with Crippen LogP contribution in [0.2, 0.25) is 5.15 Å². The van der Waals surface area contributed by atoms with Crippen LogP contribution in [0.25, 0.3) is 23.1 Å². The van der Waals surface area contributed by atoms with E-state index in [0.717, 1.165) is 30.1 Å². The van der Waals surface area contributed by atoms with Gasteiger partial charge in [-0.1, -0.05) is 29.8 Å². The third kappa shape index (κ3) is 3.49. The first-order valence-electron chi connectivity index (χ1n) is 8.53. The Kier molecular flexibility index (Phi) is 4.36. The fraction of sp³-hybridized carbons (Fsp3) is 0.250. The maximum absolute atomic E-state index is 6.19. The molecule has 1 aromatic carbocycles. The number of halogens is 1. The number of pyridine rings is 1. The van der Waals surface area contributed by atoms with E-state index in [2.05, 4.69) is 38.9 Å². The van der Waals surface area contributed by atoms with E-state index in [4.69, 9.17) is 11.6 Å². The van der Waals surface area contributed by atoms with Gasteiger partial charge in [0.25, 0.3) is 0 Å². The minimum atomic E-state index is 0.471. The predicted octanol–water partition coefficient (Wildman–Crippen LogP) is 4.76. The predicted molar refractivity (Wildman–Crippen MR) is 104 cm³/mol. The molecule has 3 heterocycles. The largest absolute Gasteiger partial charge is 0.356 e. The van der Waals surface area contributed by atoms with Gasteiger partial charge in [-0.25, -0.2) is 15.0 Å². The van der Waals surface area contributed by atoms with Crippen LogP contribution in [0, 0.1) is 6.92 Å². The first-order chi connectivity index (χ1) is 12.2. The Balaban J connectivity index is 1.65. The molecule has 2 aromatic heterocycles. The third-order valence-electron chi connectivity index (χ3n) is 4.47. The van der Waals surface area contributed by atoms with Gasteiger partial charge in [-0.15, -0.1) is 0 Å². The summed E-state index contributed by atoms with van der Waals surface area (Å²) in [7, 11) is 0. The van der Waals surface area contributed by atoms with Crippen molar-refractivity contribution in [3.8, 4) is 0 Å². The second-order valence-corrected chi connectivity index (χ2v) is 6.70. The molecule has 1 aliphatic heterocycles.